The van der Waals surface area contributed by atoms with Crippen molar-refractivity contribution in [3.8, 4) is 0 Å². The number of rotatable bonds is 4. The van der Waals surface area contributed by atoms with Gasteiger partial charge in [-0.05, 0) is 29.5 Å². The molecular weight excluding hydrogens is 349 g/mol. The van der Waals surface area contributed by atoms with Crippen LogP contribution in [0.1, 0.15) is 24.9 Å². The van der Waals surface area contributed by atoms with Gasteiger partial charge < -0.3 is 15.5 Å². The number of halogens is 2. The third-order valence-corrected chi connectivity index (χ3v) is 5.02. The quantitative estimate of drug-likeness (QED) is 0.850. The van der Waals surface area contributed by atoms with Crippen LogP contribution in [0.25, 0.3) is 0 Å². The Hall–Kier alpha value is -1.30. The van der Waals surface area contributed by atoms with Crippen LogP contribution in [0.3, 0.4) is 0 Å². The highest BCUT2D eigenvalue weighted by molar-refractivity contribution is 6.30. The molecule has 2 N–H and O–H groups in total. The van der Waals surface area contributed by atoms with Crippen molar-refractivity contribution >= 4 is 35.8 Å². The zero-order valence-electron chi connectivity index (χ0n) is 13.6. The molecule has 2 fully saturated rings. The minimum atomic E-state index is -0.309. The van der Waals surface area contributed by atoms with Crippen LogP contribution in [0.2, 0.25) is 5.02 Å². The maximum atomic E-state index is 12.6. The zero-order chi connectivity index (χ0) is 16.4. The summed E-state index contributed by atoms with van der Waals surface area (Å²) in [6.45, 7) is 5.12. The molecule has 0 bridgehead atoms. The van der Waals surface area contributed by atoms with Crippen LogP contribution in [0.15, 0.2) is 24.3 Å². The van der Waals surface area contributed by atoms with Crippen molar-refractivity contribution in [2.24, 2.45) is 11.8 Å². The fraction of sp³-hybridized carbons (Fsp3) is 0.529. The summed E-state index contributed by atoms with van der Waals surface area (Å²) >= 11 is 5.92. The predicted octanol–water partition coefficient (Wildman–Crippen LogP) is 2.01. The molecule has 0 radical (unpaired) electrons. The van der Waals surface area contributed by atoms with Crippen molar-refractivity contribution in [2.75, 3.05) is 26.2 Å². The first kappa shape index (κ1) is 19.0. The minimum absolute atomic E-state index is 0. The minimum Gasteiger partial charge on any atom is -0.349 e. The summed E-state index contributed by atoms with van der Waals surface area (Å²) in [5.41, 5.74) is 0.902. The van der Waals surface area contributed by atoms with Crippen LogP contribution >= 0.6 is 24.0 Å². The van der Waals surface area contributed by atoms with Crippen LogP contribution in [0.5, 0.6) is 0 Å². The lowest BCUT2D eigenvalue weighted by atomic mass is 10.0. The summed E-state index contributed by atoms with van der Waals surface area (Å²) in [5.74, 6) is 1.12. The second-order valence-corrected chi connectivity index (χ2v) is 6.92. The molecule has 0 aliphatic carbocycles. The van der Waals surface area contributed by atoms with Crippen LogP contribution in [0.4, 0.5) is 0 Å². The second kappa shape index (κ2) is 8.19. The topological polar surface area (TPSA) is 61.4 Å². The summed E-state index contributed by atoms with van der Waals surface area (Å²) < 4.78 is 0. The number of hydrogen-bond donors (Lipinski definition) is 2. The number of amides is 2. The van der Waals surface area contributed by atoms with Gasteiger partial charge in [-0.1, -0.05) is 23.7 Å². The third kappa shape index (κ3) is 4.41. The van der Waals surface area contributed by atoms with Crippen LogP contribution < -0.4 is 10.6 Å². The van der Waals surface area contributed by atoms with Gasteiger partial charge in [-0.3, -0.25) is 9.59 Å². The largest absolute Gasteiger partial charge is 0.349 e. The van der Waals surface area contributed by atoms with E-state index in [1.54, 1.807) is 12.1 Å². The average molecular weight is 372 g/mol. The number of benzene rings is 1. The molecule has 2 heterocycles. The van der Waals surface area contributed by atoms with Gasteiger partial charge in [0.15, 0.2) is 0 Å². The van der Waals surface area contributed by atoms with Gasteiger partial charge in [0, 0.05) is 38.1 Å². The Bertz CT molecular complexity index is 582. The molecule has 2 aliphatic heterocycles. The van der Waals surface area contributed by atoms with Gasteiger partial charge in [0.05, 0.1) is 12.5 Å². The predicted molar refractivity (Wildman–Crippen MR) is 96.3 cm³/mol. The molecule has 132 valence electrons. The van der Waals surface area contributed by atoms with Gasteiger partial charge in [0.25, 0.3) is 0 Å². The smallest absolute Gasteiger partial charge is 0.225 e. The highest BCUT2D eigenvalue weighted by atomic mass is 35.5. The first-order chi connectivity index (χ1) is 11.0. The van der Waals surface area contributed by atoms with Gasteiger partial charge in [-0.25, -0.2) is 0 Å². The first-order valence-electron chi connectivity index (χ1n) is 8.04. The molecule has 0 spiro atoms. The van der Waals surface area contributed by atoms with E-state index in [0.29, 0.717) is 16.9 Å². The van der Waals surface area contributed by atoms with E-state index >= 15 is 0 Å². The molecule has 2 saturated heterocycles. The molecule has 1 aromatic rings. The van der Waals surface area contributed by atoms with E-state index in [2.05, 4.69) is 10.6 Å². The lowest BCUT2D eigenvalue weighted by molar-refractivity contribution is -0.131. The molecule has 2 aliphatic rings. The Morgan fingerprint density at radius 3 is 2.38 bits per heavy atom. The number of nitrogens with one attached hydrogen (secondary N) is 2. The Labute approximate surface area is 153 Å². The molecule has 24 heavy (non-hydrogen) atoms. The van der Waals surface area contributed by atoms with Crippen molar-refractivity contribution in [3.63, 3.8) is 0 Å². The third-order valence-electron chi connectivity index (χ3n) is 4.77. The summed E-state index contributed by atoms with van der Waals surface area (Å²) in [4.78, 5) is 26.1. The normalized spacial score (nSPS) is 23.3. The van der Waals surface area contributed by atoms with Gasteiger partial charge in [-0.2, -0.15) is 0 Å². The highest BCUT2D eigenvalue weighted by Gasteiger charge is 2.38. The van der Waals surface area contributed by atoms with E-state index in [9.17, 15) is 9.59 Å². The number of fused-ring (bicyclic) bond motifs is 1. The SMILES string of the molecule is CC(=O)NC(CC(=O)N1C[C@H]2CNC[C@H]2C1)c1ccc(Cl)cc1.Cl. The molecule has 1 aromatic carbocycles. The van der Waals surface area contributed by atoms with Crippen molar-refractivity contribution < 1.29 is 9.59 Å². The van der Waals surface area contributed by atoms with Crippen molar-refractivity contribution in [1.29, 1.82) is 0 Å². The Morgan fingerprint density at radius 2 is 1.83 bits per heavy atom. The number of hydrogen-bond acceptors (Lipinski definition) is 3. The van der Waals surface area contributed by atoms with Gasteiger partial charge in [0.2, 0.25) is 11.8 Å². The lowest BCUT2D eigenvalue weighted by Crippen LogP contribution is -2.36. The van der Waals surface area contributed by atoms with Crippen LogP contribution in [-0.2, 0) is 9.59 Å². The van der Waals surface area contributed by atoms with Gasteiger partial charge in [-0.15, -0.1) is 12.4 Å². The van der Waals surface area contributed by atoms with Gasteiger partial charge >= 0.3 is 0 Å². The summed E-state index contributed by atoms with van der Waals surface area (Å²) in [6.07, 6.45) is 0.286. The van der Waals surface area contributed by atoms with Crippen molar-refractivity contribution in [2.45, 2.75) is 19.4 Å². The average Bonchev–Trinajstić information content (AvgIpc) is 3.08. The van der Waals surface area contributed by atoms with Crippen molar-refractivity contribution in [3.05, 3.63) is 34.9 Å². The second-order valence-electron chi connectivity index (χ2n) is 6.49. The monoisotopic (exact) mass is 371 g/mol. The van der Waals surface area contributed by atoms with Crippen LogP contribution in [-0.4, -0.2) is 42.9 Å². The molecule has 3 rings (SSSR count). The van der Waals surface area contributed by atoms with Gasteiger partial charge in [0.1, 0.15) is 0 Å². The molecular formula is C17H23Cl2N3O2. The molecule has 0 aromatic heterocycles. The Kier molecular flexibility index (Phi) is 6.49. The summed E-state index contributed by atoms with van der Waals surface area (Å²) in [5, 5.41) is 6.89. The molecule has 5 nitrogen and oxygen atoms in total. The molecule has 2 amide bonds. The number of carbonyl (C=O) groups is 2. The first-order valence-corrected chi connectivity index (χ1v) is 8.42. The molecule has 0 saturated carbocycles. The zero-order valence-corrected chi connectivity index (χ0v) is 15.2. The standard InChI is InChI=1S/C17H22ClN3O2.ClH/c1-11(22)20-16(12-2-4-15(18)5-3-12)6-17(23)21-9-13-7-19-8-14(13)10-21;/h2-5,13-14,16,19H,6-10H2,1H3,(H,20,22);1H/t13-,14+,16?;. The van der Waals surface area contributed by atoms with E-state index in [4.69, 9.17) is 11.6 Å². The van der Waals surface area contributed by atoms with E-state index in [1.165, 1.54) is 6.92 Å². The maximum Gasteiger partial charge on any atom is 0.225 e. The van der Waals surface area contributed by atoms with E-state index in [1.807, 2.05) is 17.0 Å². The fourth-order valence-electron chi connectivity index (χ4n) is 3.56. The fourth-order valence-corrected chi connectivity index (χ4v) is 3.68. The molecule has 7 heteroatoms. The number of carbonyl (C=O) groups excluding carboxylic acids is 2. The van der Waals surface area contributed by atoms with E-state index in [0.717, 1.165) is 31.7 Å². The number of likely N-dealkylation sites (tertiary alicyclic amines) is 1. The van der Waals surface area contributed by atoms with E-state index < -0.39 is 0 Å². The van der Waals surface area contributed by atoms with E-state index in [-0.39, 0.29) is 36.7 Å². The number of nitrogens with zero attached hydrogens (tertiary/aromatic N) is 1. The highest BCUT2D eigenvalue weighted by Crippen LogP contribution is 2.28. The molecule has 3 atom stereocenters. The Balaban J connectivity index is 0.00000208. The summed E-state index contributed by atoms with van der Waals surface area (Å²) in [6, 6.07) is 6.97. The maximum absolute atomic E-state index is 12.6. The molecule has 1 unspecified atom stereocenters. The Morgan fingerprint density at radius 1 is 1.25 bits per heavy atom. The summed E-state index contributed by atoms with van der Waals surface area (Å²) in [7, 11) is 0. The van der Waals surface area contributed by atoms with Crippen LogP contribution in [0, 0.1) is 11.8 Å². The lowest BCUT2D eigenvalue weighted by Gasteiger charge is -2.23. The van der Waals surface area contributed by atoms with Crippen molar-refractivity contribution in [1.82, 2.24) is 15.5 Å².